The Morgan fingerprint density at radius 3 is 1.17 bits per heavy atom. The Labute approximate surface area is 257 Å². The first-order chi connectivity index (χ1) is 20.4. The lowest BCUT2D eigenvalue weighted by Crippen LogP contribution is -1.94. The topological polar surface area (TPSA) is 0 Å². The standard InChI is InChI=1S/C40H26Cl2/c1-27-3-7-29(8-4-27)11-13-31-15-17-35-18-16-32(14-12-30-9-5-28(2)6-10-30)39(34-21-25-37(42)26-22-34)40(35)38(31)33-19-23-36(41)24-20-33/h3-10,15-26H,1-2H3. The van der Waals surface area contributed by atoms with Crippen molar-refractivity contribution in [2.45, 2.75) is 13.8 Å². The highest BCUT2D eigenvalue weighted by Gasteiger charge is 2.17. The molecule has 0 aromatic heterocycles. The van der Waals surface area contributed by atoms with Gasteiger partial charge in [0, 0.05) is 43.4 Å². The van der Waals surface area contributed by atoms with E-state index in [4.69, 9.17) is 23.2 Å². The van der Waals surface area contributed by atoms with Gasteiger partial charge >= 0.3 is 0 Å². The van der Waals surface area contributed by atoms with Crippen molar-refractivity contribution in [1.82, 2.24) is 0 Å². The minimum Gasteiger partial charge on any atom is -0.0843 e. The zero-order valence-corrected chi connectivity index (χ0v) is 24.8. The van der Waals surface area contributed by atoms with Crippen LogP contribution in [0.2, 0.25) is 10.0 Å². The number of halogens is 2. The summed E-state index contributed by atoms with van der Waals surface area (Å²) in [7, 11) is 0. The summed E-state index contributed by atoms with van der Waals surface area (Å²) in [5.41, 5.74) is 10.4. The predicted octanol–water partition coefficient (Wildman–Crippen LogP) is 10.9. The summed E-state index contributed by atoms with van der Waals surface area (Å²) in [5.74, 6) is 13.7. The molecule has 0 saturated heterocycles. The number of benzene rings is 6. The van der Waals surface area contributed by atoms with E-state index in [0.29, 0.717) is 10.0 Å². The van der Waals surface area contributed by atoms with Crippen LogP contribution >= 0.6 is 23.2 Å². The van der Waals surface area contributed by atoms with Crippen molar-refractivity contribution in [3.8, 4) is 45.9 Å². The zero-order chi connectivity index (χ0) is 29.1. The van der Waals surface area contributed by atoms with Gasteiger partial charge in [-0.25, -0.2) is 0 Å². The summed E-state index contributed by atoms with van der Waals surface area (Å²) >= 11 is 12.7. The Balaban J connectivity index is 1.67. The Morgan fingerprint density at radius 2 is 0.786 bits per heavy atom. The molecule has 0 aliphatic heterocycles. The Kier molecular flexibility index (Phi) is 7.86. The van der Waals surface area contributed by atoms with E-state index in [1.165, 1.54) is 11.1 Å². The summed E-state index contributed by atoms with van der Waals surface area (Å²) in [5, 5.41) is 3.57. The van der Waals surface area contributed by atoms with E-state index in [-0.39, 0.29) is 0 Å². The van der Waals surface area contributed by atoms with E-state index in [2.05, 4.69) is 135 Å². The highest BCUT2D eigenvalue weighted by atomic mass is 35.5. The summed E-state index contributed by atoms with van der Waals surface area (Å²) in [6.07, 6.45) is 0. The van der Waals surface area contributed by atoms with Gasteiger partial charge in [-0.2, -0.15) is 0 Å². The molecule has 0 amide bonds. The first-order valence-corrected chi connectivity index (χ1v) is 14.5. The average Bonchev–Trinajstić information content (AvgIpc) is 3.01. The van der Waals surface area contributed by atoms with E-state index >= 15 is 0 Å². The largest absolute Gasteiger partial charge is 0.0843 e. The molecule has 0 fully saturated rings. The van der Waals surface area contributed by atoms with E-state index in [9.17, 15) is 0 Å². The third-order valence-electron chi connectivity index (χ3n) is 7.24. The van der Waals surface area contributed by atoms with Crippen molar-refractivity contribution >= 4 is 34.0 Å². The van der Waals surface area contributed by atoms with E-state index in [0.717, 1.165) is 55.3 Å². The first-order valence-electron chi connectivity index (χ1n) is 13.7. The Morgan fingerprint density at radius 1 is 0.405 bits per heavy atom. The lowest BCUT2D eigenvalue weighted by molar-refractivity contribution is 1.46. The molecule has 0 unspecified atom stereocenters. The van der Waals surface area contributed by atoms with Crippen LogP contribution in [0, 0.1) is 37.5 Å². The molecule has 0 spiro atoms. The molecule has 6 rings (SSSR count). The van der Waals surface area contributed by atoms with Crippen LogP contribution in [0.4, 0.5) is 0 Å². The molecule has 0 aliphatic carbocycles. The smallest absolute Gasteiger partial charge is 0.0406 e. The molecule has 0 atom stereocenters. The minimum atomic E-state index is 0.689. The Hall–Kier alpha value is -4.72. The molecule has 42 heavy (non-hydrogen) atoms. The van der Waals surface area contributed by atoms with Crippen LogP contribution in [-0.4, -0.2) is 0 Å². The molecule has 2 heteroatoms. The molecule has 0 bridgehead atoms. The fourth-order valence-electron chi connectivity index (χ4n) is 5.01. The van der Waals surface area contributed by atoms with Crippen molar-refractivity contribution < 1.29 is 0 Å². The van der Waals surface area contributed by atoms with Gasteiger partial charge in [-0.15, -0.1) is 0 Å². The summed E-state index contributed by atoms with van der Waals surface area (Å²) in [6.45, 7) is 4.16. The second kappa shape index (κ2) is 12.0. The zero-order valence-electron chi connectivity index (χ0n) is 23.3. The van der Waals surface area contributed by atoms with Crippen LogP contribution in [0.3, 0.4) is 0 Å². The minimum absolute atomic E-state index is 0.689. The number of aryl methyl sites for hydroxylation is 2. The molecule has 0 saturated carbocycles. The molecule has 200 valence electrons. The lowest BCUT2D eigenvalue weighted by Gasteiger charge is -2.17. The number of fused-ring (bicyclic) bond motifs is 1. The van der Waals surface area contributed by atoms with Gasteiger partial charge in [0.2, 0.25) is 0 Å². The van der Waals surface area contributed by atoms with Crippen molar-refractivity contribution in [2.24, 2.45) is 0 Å². The molecule has 0 N–H and O–H groups in total. The SMILES string of the molecule is Cc1ccc(C#Cc2ccc3ccc(C#Cc4ccc(C)cc4)c(-c4ccc(Cl)cc4)c3c2-c2ccc(Cl)cc2)cc1. The molecule has 0 heterocycles. The van der Waals surface area contributed by atoms with Crippen LogP contribution < -0.4 is 0 Å². The fraction of sp³-hybridized carbons (Fsp3) is 0.0500. The van der Waals surface area contributed by atoms with Gasteiger partial charge in [0.15, 0.2) is 0 Å². The fourth-order valence-corrected chi connectivity index (χ4v) is 5.26. The van der Waals surface area contributed by atoms with Gasteiger partial charge in [-0.3, -0.25) is 0 Å². The van der Waals surface area contributed by atoms with E-state index in [1.807, 2.05) is 24.3 Å². The van der Waals surface area contributed by atoms with Gasteiger partial charge in [0.25, 0.3) is 0 Å². The number of hydrogen-bond donors (Lipinski definition) is 0. The maximum atomic E-state index is 6.33. The molecular formula is C40H26Cl2. The first kappa shape index (κ1) is 27.4. The third-order valence-corrected chi connectivity index (χ3v) is 7.74. The van der Waals surface area contributed by atoms with Crippen molar-refractivity contribution in [3.63, 3.8) is 0 Å². The predicted molar refractivity (Wildman–Crippen MR) is 179 cm³/mol. The van der Waals surface area contributed by atoms with Crippen LogP contribution in [0.1, 0.15) is 33.4 Å². The molecule has 0 nitrogen and oxygen atoms in total. The van der Waals surface area contributed by atoms with Crippen molar-refractivity contribution in [2.75, 3.05) is 0 Å². The lowest BCUT2D eigenvalue weighted by atomic mass is 9.86. The van der Waals surface area contributed by atoms with E-state index in [1.54, 1.807) is 0 Å². The van der Waals surface area contributed by atoms with Gasteiger partial charge in [-0.05, 0) is 96.4 Å². The molecule has 0 aliphatic rings. The van der Waals surface area contributed by atoms with Crippen LogP contribution in [0.5, 0.6) is 0 Å². The maximum Gasteiger partial charge on any atom is 0.0406 e. The van der Waals surface area contributed by atoms with Crippen LogP contribution in [0.25, 0.3) is 33.0 Å². The second-order valence-electron chi connectivity index (χ2n) is 10.3. The highest BCUT2D eigenvalue weighted by molar-refractivity contribution is 6.31. The molecular weight excluding hydrogens is 551 g/mol. The number of rotatable bonds is 2. The van der Waals surface area contributed by atoms with Crippen molar-refractivity contribution in [3.05, 3.63) is 165 Å². The highest BCUT2D eigenvalue weighted by Crippen LogP contribution is 2.41. The third kappa shape index (κ3) is 5.98. The molecule has 6 aromatic rings. The maximum absolute atomic E-state index is 6.33. The second-order valence-corrected chi connectivity index (χ2v) is 11.2. The van der Waals surface area contributed by atoms with Crippen molar-refractivity contribution in [1.29, 1.82) is 0 Å². The normalized spacial score (nSPS) is 10.5. The summed E-state index contributed by atoms with van der Waals surface area (Å²) in [4.78, 5) is 0. The van der Waals surface area contributed by atoms with Gasteiger partial charge in [0.05, 0.1) is 0 Å². The molecule has 6 aromatic carbocycles. The van der Waals surface area contributed by atoms with E-state index < -0.39 is 0 Å². The summed E-state index contributed by atoms with van der Waals surface area (Å²) in [6, 6.07) is 41.0. The Bertz CT molecular complexity index is 1880. The number of hydrogen-bond acceptors (Lipinski definition) is 0. The van der Waals surface area contributed by atoms with Gasteiger partial charge in [-0.1, -0.05) is 119 Å². The molecule has 0 radical (unpaired) electrons. The van der Waals surface area contributed by atoms with Gasteiger partial charge < -0.3 is 0 Å². The average molecular weight is 578 g/mol. The quantitative estimate of drug-likeness (QED) is 0.180. The van der Waals surface area contributed by atoms with Gasteiger partial charge in [0.1, 0.15) is 0 Å². The summed E-state index contributed by atoms with van der Waals surface area (Å²) < 4.78 is 0. The monoisotopic (exact) mass is 576 g/mol. The van der Waals surface area contributed by atoms with Crippen LogP contribution in [0.15, 0.2) is 121 Å². The van der Waals surface area contributed by atoms with Crippen LogP contribution in [-0.2, 0) is 0 Å².